The molecule has 4 heterocycles. The Morgan fingerprint density at radius 3 is 2.44 bits per heavy atom. The molecule has 2 fully saturated rings. The maximum atomic E-state index is 13.0. The zero-order chi connectivity index (χ0) is 23.7. The summed E-state index contributed by atoms with van der Waals surface area (Å²) in [5.74, 6) is 0.150. The van der Waals surface area contributed by atoms with Gasteiger partial charge in [-0.25, -0.2) is 12.9 Å². The van der Waals surface area contributed by atoms with Crippen molar-refractivity contribution in [3.05, 3.63) is 65.5 Å². The molecule has 0 bridgehead atoms. The Morgan fingerprint density at radius 2 is 1.76 bits per heavy atom. The van der Waals surface area contributed by atoms with Gasteiger partial charge in [-0.15, -0.1) is 0 Å². The van der Waals surface area contributed by atoms with Gasteiger partial charge in [0.25, 0.3) is 5.91 Å². The van der Waals surface area contributed by atoms with Crippen LogP contribution in [0.3, 0.4) is 0 Å². The molecule has 5 rings (SSSR count). The summed E-state index contributed by atoms with van der Waals surface area (Å²) in [7, 11) is -3.60. The molecule has 2 saturated heterocycles. The molecule has 10 heteroatoms. The van der Waals surface area contributed by atoms with Crippen LogP contribution in [0.5, 0.6) is 0 Å². The van der Waals surface area contributed by atoms with Crippen molar-refractivity contribution in [2.75, 3.05) is 39.4 Å². The van der Waals surface area contributed by atoms with E-state index in [0.717, 1.165) is 11.1 Å². The van der Waals surface area contributed by atoms with Crippen molar-refractivity contribution < 1.29 is 17.9 Å². The second-order valence-corrected chi connectivity index (χ2v) is 10.5. The van der Waals surface area contributed by atoms with Gasteiger partial charge in [-0.3, -0.25) is 4.79 Å². The van der Waals surface area contributed by atoms with Gasteiger partial charge in [-0.2, -0.15) is 14.7 Å². The molecular formula is C24H25N5O4S. The van der Waals surface area contributed by atoms with Gasteiger partial charge in [-0.1, -0.05) is 0 Å². The number of rotatable bonds is 4. The van der Waals surface area contributed by atoms with E-state index >= 15 is 0 Å². The van der Waals surface area contributed by atoms with E-state index in [4.69, 9.17) is 10.00 Å². The Labute approximate surface area is 198 Å². The number of aromatic nitrogens is 2. The normalized spacial score (nSPS) is 18.1. The lowest BCUT2D eigenvalue weighted by atomic mass is 9.90. The van der Waals surface area contributed by atoms with E-state index in [-0.39, 0.29) is 16.7 Å². The summed E-state index contributed by atoms with van der Waals surface area (Å²) in [6, 6.07) is 12.0. The Hall–Kier alpha value is -3.26. The van der Waals surface area contributed by atoms with Crippen molar-refractivity contribution in [3.8, 4) is 6.07 Å². The molecule has 2 aromatic heterocycles. The first kappa shape index (κ1) is 22.5. The number of amides is 1. The average molecular weight is 480 g/mol. The van der Waals surface area contributed by atoms with Crippen molar-refractivity contribution >= 4 is 21.4 Å². The van der Waals surface area contributed by atoms with Crippen LogP contribution in [0, 0.1) is 11.3 Å². The summed E-state index contributed by atoms with van der Waals surface area (Å²) in [4.78, 5) is 15.0. The zero-order valence-electron chi connectivity index (χ0n) is 18.6. The maximum Gasteiger partial charge on any atom is 0.257 e. The van der Waals surface area contributed by atoms with Crippen molar-refractivity contribution in [1.29, 1.82) is 5.26 Å². The van der Waals surface area contributed by atoms with E-state index in [1.54, 1.807) is 15.6 Å². The molecule has 0 aliphatic carbocycles. The van der Waals surface area contributed by atoms with Crippen LogP contribution in [0.1, 0.15) is 40.2 Å². The fraction of sp³-hybridized carbons (Fsp3) is 0.375. The van der Waals surface area contributed by atoms with E-state index in [0.29, 0.717) is 63.4 Å². The highest BCUT2D eigenvalue weighted by Crippen LogP contribution is 2.32. The van der Waals surface area contributed by atoms with Crippen molar-refractivity contribution in [2.24, 2.45) is 0 Å². The van der Waals surface area contributed by atoms with E-state index in [9.17, 15) is 13.2 Å². The van der Waals surface area contributed by atoms with E-state index in [1.807, 2.05) is 24.4 Å². The van der Waals surface area contributed by atoms with Crippen LogP contribution in [-0.2, 0) is 14.8 Å². The van der Waals surface area contributed by atoms with Gasteiger partial charge in [0.15, 0.2) is 0 Å². The molecule has 3 aromatic rings. The number of hydrogen-bond donors (Lipinski definition) is 0. The number of pyridine rings is 1. The summed E-state index contributed by atoms with van der Waals surface area (Å²) in [6.07, 6.45) is 4.85. The molecule has 1 aromatic carbocycles. The number of nitrogens with zero attached hydrogens (tertiary/aromatic N) is 5. The minimum Gasteiger partial charge on any atom is -0.378 e. The van der Waals surface area contributed by atoms with Crippen molar-refractivity contribution in [2.45, 2.75) is 23.7 Å². The number of carbonyl (C=O) groups excluding carboxylic acids is 1. The van der Waals surface area contributed by atoms with Crippen LogP contribution in [0.4, 0.5) is 0 Å². The third kappa shape index (κ3) is 4.18. The number of piperidine rings is 1. The highest BCUT2D eigenvalue weighted by Gasteiger charge is 2.30. The number of benzene rings is 1. The van der Waals surface area contributed by atoms with Gasteiger partial charge in [0, 0.05) is 32.4 Å². The minimum absolute atomic E-state index is 0.0428. The highest BCUT2D eigenvalue weighted by molar-refractivity contribution is 7.89. The van der Waals surface area contributed by atoms with E-state index in [1.165, 1.54) is 28.6 Å². The first-order chi connectivity index (χ1) is 16.5. The summed E-state index contributed by atoms with van der Waals surface area (Å²) in [6.45, 7) is 3.05. The number of hydrogen-bond acceptors (Lipinski definition) is 6. The third-order valence-corrected chi connectivity index (χ3v) is 8.53. The second-order valence-electron chi connectivity index (χ2n) is 8.57. The molecule has 0 radical (unpaired) electrons. The summed E-state index contributed by atoms with van der Waals surface area (Å²) in [5.41, 5.74) is 2.85. The summed E-state index contributed by atoms with van der Waals surface area (Å²) >= 11 is 0. The molecule has 0 atom stereocenters. The molecule has 9 nitrogen and oxygen atoms in total. The fourth-order valence-electron chi connectivity index (χ4n) is 4.63. The number of sulfonamides is 1. The van der Waals surface area contributed by atoms with Crippen LogP contribution in [-0.4, -0.2) is 72.5 Å². The third-order valence-electron chi connectivity index (χ3n) is 6.62. The molecule has 0 N–H and O–H groups in total. The second kappa shape index (κ2) is 9.18. The van der Waals surface area contributed by atoms with Crippen LogP contribution in [0.15, 0.2) is 53.7 Å². The molecule has 0 unspecified atom stereocenters. The number of ether oxygens (including phenoxy) is 1. The summed E-state index contributed by atoms with van der Waals surface area (Å²) in [5, 5.41) is 13.3. The topological polar surface area (TPSA) is 108 Å². The zero-order valence-corrected chi connectivity index (χ0v) is 19.4. The summed E-state index contributed by atoms with van der Waals surface area (Å²) < 4.78 is 34.6. The Balaban J connectivity index is 1.31. The Kier molecular flexibility index (Phi) is 6.08. The predicted molar refractivity (Wildman–Crippen MR) is 124 cm³/mol. The number of morpholine rings is 1. The van der Waals surface area contributed by atoms with Gasteiger partial charge in [0.2, 0.25) is 10.0 Å². The minimum atomic E-state index is -3.60. The van der Waals surface area contributed by atoms with Gasteiger partial charge in [0.05, 0.1) is 47.0 Å². The molecule has 0 saturated carbocycles. The lowest BCUT2D eigenvalue weighted by Crippen LogP contribution is -2.40. The first-order valence-corrected chi connectivity index (χ1v) is 12.8. The SMILES string of the molecule is N#Cc1ccc(S(=O)(=O)N2CCC(c3ccn4ncc(C(=O)N5CCOCC5)c4c3)CC2)cc1. The monoisotopic (exact) mass is 479 g/mol. The van der Waals surface area contributed by atoms with Gasteiger partial charge < -0.3 is 9.64 Å². The maximum absolute atomic E-state index is 13.0. The van der Waals surface area contributed by atoms with Crippen LogP contribution >= 0.6 is 0 Å². The largest absolute Gasteiger partial charge is 0.378 e. The Bertz CT molecular complexity index is 1350. The highest BCUT2D eigenvalue weighted by atomic mass is 32.2. The van der Waals surface area contributed by atoms with Gasteiger partial charge in [0.1, 0.15) is 0 Å². The molecule has 176 valence electrons. The predicted octanol–water partition coefficient (Wildman–Crippen LogP) is 2.25. The van der Waals surface area contributed by atoms with Crippen molar-refractivity contribution in [1.82, 2.24) is 18.8 Å². The number of nitriles is 1. The van der Waals surface area contributed by atoms with Crippen LogP contribution in [0.25, 0.3) is 5.52 Å². The van der Waals surface area contributed by atoms with E-state index in [2.05, 4.69) is 5.10 Å². The molecule has 0 spiro atoms. The van der Waals surface area contributed by atoms with Gasteiger partial charge >= 0.3 is 0 Å². The molecular weight excluding hydrogens is 454 g/mol. The Morgan fingerprint density at radius 1 is 1.06 bits per heavy atom. The fourth-order valence-corrected chi connectivity index (χ4v) is 6.10. The molecule has 34 heavy (non-hydrogen) atoms. The van der Waals surface area contributed by atoms with Gasteiger partial charge in [-0.05, 0) is 60.7 Å². The molecule has 2 aliphatic rings. The van der Waals surface area contributed by atoms with Crippen molar-refractivity contribution in [3.63, 3.8) is 0 Å². The first-order valence-electron chi connectivity index (χ1n) is 11.3. The number of fused-ring (bicyclic) bond motifs is 1. The van der Waals surface area contributed by atoms with Crippen LogP contribution in [0.2, 0.25) is 0 Å². The van der Waals surface area contributed by atoms with Crippen LogP contribution < -0.4 is 0 Å². The quantitative estimate of drug-likeness (QED) is 0.568. The molecule has 2 aliphatic heterocycles. The molecule has 1 amide bonds. The lowest BCUT2D eigenvalue weighted by molar-refractivity contribution is 0.0304. The van der Waals surface area contributed by atoms with E-state index < -0.39 is 10.0 Å². The lowest BCUT2D eigenvalue weighted by Gasteiger charge is -2.31. The standard InChI is InChI=1S/C24H25N5O4S/c25-16-18-1-3-21(4-2-18)34(31,32)28-8-5-19(6-9-28)20-7-10-29-23(15-20)22(17-26-29)24(30)27-11-13-33-14-12-27/h1-4,7,10,15,17,19H,5-6,8-9,11-14H2. The smallest absolute Gasteiger partial charge is 0.257 e. The average Bonchev–Trinajstić information content (AvgIpc) is 3.32. The number of carbonyl (C=O) groups is 1.